The van der Waals surface area contributed by atoms with Gasteiger partial charge in [0.1, 0.15) is 11.1 Å². The third kappa shape index (κ3) is 3.41. The highest BCUT2D eigenvalue weighted by Crippen LogP contribution is 2.56. The molecule has 7 nitrogen and oxygen atoms in total. The van der Waals surface area contributed by atoms with Gasteiger partial charge in [-0.05, 0) is 67.9 Å². The smallest absolute Gasteiger partial charge is 0.184 e. The minimum Gasteiger partial charge on any atom is -0.384 e. The van der Waals surface area contributed by atoms with Crippen molar-refractivity contribution in [2.24, 2.45) is 23.7 Å². The van der Waals surface area contributed by atoms with Crippen molar-refractivity contribution in [3.05, 3.63) is 54.4 Å². The molecule has 1 aliphatic heterocycles. The van der Waals surface area contributed by atoms with Crippen molar-refractivity contribution in [3.63, 3.8) is 0 Å². The number of benzene rings is 1. The second-order valence-electron chi connectivity index (χ2n) is 9.99. The largest absolute Gasteiger partial charge is 0.384 e. The summed E-state index contributed by atoms with van der Waals surface area (Å²) in [6.07, 6.45) is 10.1. The van der Waals surface area contributed by atoms with Gasteiger partial charge < -0.3 is 14.9 Å². The first-order chi connectivity index (χ1) is 16.0. The fourth-order valence-electron chi connectivity index (χ4n) is 6.70. The molecule has 2 saturated carbocycles. The van der Waals surface area contributed by atoms with Gasteiger partial charge in [-0.2, -0.15) is 0 Å². The summed E-state index contributed by atoms with van der Waals surface area (Å²) < 4.78 is 7.53. The summed E-state index contributed by atoms with van der Waals surface area (Å²) in [7, 11) is 0. The zero-order chi connectivity index (χ0) is 22.6. The summed E-state index contributed by atoms with van der Waals surface area (Å²) in [5.74, 6) is 0.984. The van der Waals surface area contributed by atoms with Gasteiger partial charge in [-0.15, -0.1) is 5.10 Å². The predicted octanol–water partition coefficient (Wildman–Crippen LogP) is 3.74. The molecule has 1 saturated heterocycles. The molecule has 1 unspecified atom stereocenters. The summed E-state index contributed by atoms with van der Waals surface area (Å²) in [5, 5.41) is 30.4. The number of fused-ring (bicyclic) bond motifs is 3. The zero-order valence-electron chi connectivity index (χ0n) is 18.8. The van der Waals surface area contributed by atoms with Crippen molar-refractivity contribution >= 4 is 17.1 Å². The molecule has 3 aliphatic rings. The molecule has 172 valence electrons. The lowest BCUT2D eigenvalue weighted by Crippen LogP contribution is -2.55. The molecule has 0 amide bonds. The zero-order valence-corrected chi connectivity index (χ0v) is 18.8. The SMILES string of the molecule is C[C@H]1OC(O)[C@]2(O)C[C@@H]3CCCC[C@H]3[C@H](/C=C/c3ccc(-n4nnc5ccccc54)cn3)[C@H]12. The standard InChI is InChI=1S/C26H30N4O3/c1-16-24-21(20-7-3-2-6-17(20)14-26(24,32)25(31)33-16)13-11-18-10-12-19(15-27-18)30-23-9-5-4-8-22(23)28-29-30/h4-5,8-13,15-17,20-21,24-25,31-32H,2-3,6-7,14H2,1H3/b13-11+/t16-,17+,20-,21+,24+,25?,26+/m1/s1. The predicted molar refractivity (Wildman–Crippen MR) is 124 cm³/mol. The molecule has 33 heavy (non-hydrogen) atoms. The maximum absolute atomic E-state index is 11.4. The minimum absolute atomic E-state index is 0.108. The van der Waals surface area contributed by atoms with E-state index in [4.69, 9.17) is 4.74 Å². The van der Waals surface area contributed by atoms with Gasteiger partial charge in [-0.3, -0.25) is 4.98 Å². The van der Waals surface area contributed by atoms with Crippen LogP contribution in [-0.2, 0) is 4.74 Å². The summed E-state index contributed by atoms with van der Waals surface area (Å²) in [4.78, 5) is 4.65. The van der Waals surface area contributed by atoms with E-state index in [9.17, 15) is 10.2 Å². The third-order valence-corrected chi connectivity index (χ3v) is 8.18. The van der Waals surface area contributed by atoms with Gasteiger partial charge in [0.2, 0.25) is 0 Å². The molecule has 0 radical (unpaired) electrons. The number of allylic oxidation sites excluding steroid dienone is 1. The monoisotopic (exact) mass is 446 g/mol. The maximum atomic E-state index is 11.4. The fourth-order valence-corrected chi connectivity index (χ4v) is 6.70. The van der Waals surface area contributed by atoms with Gasteiger partial charge in [0.15, 0.2) is 6.29 Å². The summed E-state index contributed by atoms with van der Waals surface area (Å²) >= 11 is 0. The maximum Gasteiger partial charge on any atom is 0.184 e. The quantitative estimate of drug-likeness (QED) is 0.637. The number of aromatic nitrogens is 4. The van der Waals surface area contributed by atoms with E-state index in [1.165, 1.54) is 19.3 Å². The number of hydrogen-bond acceptors (Lipinski definition) is 6. The van der Waals surface area contributed by atoms with Crippen LogP contribution < -0.4 is 0 Å². The van der Waals surface area contributed by atoms with Crippen molar-refractivity contribution in [2.75, 3.05) is 0 Å². The Kier molecular flexibility index (Phi) is 5.09. The first kappa shape index (κ1) is 21.0. The summed E-state index contributed by atoms with van der Waals surface area (Å²) in [6.45, 7) is 1.98. The molecule has 3 aromatic rings. The van der Waals surface area contributed by atoms with Crippen molar-refractivity contribution in [1.29, 1.82) is 0 Å². The van der Waals surface area contributed by atoms with Crippen LogP contribution in [0.1, 0.15) is 44.7 Å². The molecule has 2 N–H and O–H groups in total. The summed E-state index contributed by atoms with van der Waals surface area (Å²) in [5.41, 5.74) is 2.35. The van der Waals surface area contributed by atoms with Gasteiger partial charge in [0, 0.05) is 5.92 Å². The summed E-state index contributed by atoms with van der Waals surface area (Å²) in [6, 6.07) is 11.8. The van der Waals surface area contributed by atoms with Crippen LogP contribution in [0.2, 0.25) is 0 Å². The van der Waals surface area contributed by atoms with Crippen molar-refractivity contribution < 1.29 is 14.9 Å². The highest BCUT2D eigenvalue weighted by Gasteiger charge is 2.61. The Morgan fingerprint density at radius 3 is 2.85 bits per heavy atom. The number of para-hydroxylation sites is 1. The molecule has 6 rings (SSSR count). The van der Waals surface area contributed by atoms with Crippen LogP contribution in [0.3, 0.4) is 0 Å². The van der Waals surface area contributed by atoms with Crippen LogP contribution in [0.15, 0.2) is 48.7 Å². The Labute approximate surface area is 193 Å². The van der Waals surface area contributed by atoms with Crippen LogP contribution in [0.25, 0.3) is 22.8 Å². The molecule has 1 aromatic carbocycles. The van der Waals surface area contributed by atoms with Crippen molar-refractivity contribution in [2.45, 2.75) is 57.0 Å². The highest BCUT2D eigenvalue weighted by atomic mass is 16.6. The Morgan fingerprint density at radius 1 is 1.15 bits per heavy atom. The average Bonchev–Trinajstić information content (AvgIpc) is 3.35. The van der Waals surface area contributed by atoms with E-state index >= 15 is 0 Å². The van der Waals surface area contributed by atoms with E-state index < -0.39 is 11.9 Å². The molecule has 0 spiro atoms. The van der Waals surface area contributed by atoms with Crippen LogP contribution in [0.4, 0.5) is 0 Å². The lowest BCUT2D eigenvalue weighted by atomic mass is 9.55. The number of aliphatic hydroxyl groups is 2. The number of pyridine rings is 1. The highest BCUT2D eigenvalue weighted by molar-refractivity contribution is 5.75. The lowest BCUT2D eigenvalue weighted by Gasteiger charge is -2.50. The number of hydrogen-bond donors (Lipinski definition) is 2. The van der Waals surface area contributed by atoms with Gasteiger partial charge in [0.05, 0.1) is 29.2 Å². The fraction of sp³-hybridized carbons (Fsp3) is 0.500. The van der Waals surface area contributed by atoms with Gasteiger partial charge >= 0.3 is 0 Å². The topological polar surface area (TPSA) is 93.3 Å². The minimum atomic E-state index is -1.17. The number of aliphatic hydroxyl groups excluding tert-OH is 1. The van der Waals surface area contributed by atoms with E-state index in [0.717, 1.165) is 28.8 Å². The third-order valence-electron chi connectivity index (χ3n) is 8.18. The lowest BCUT2D eigenvalue weighted by molar-refractivity contribution is -0.193. The molecule has 2 aromatic heterocycles. The van der Waals surface area contributed by atoms with Gasteiger partial charge in [-0.1, -0.05) is 42.7 Å². The van der Waals surface area contributed by atoms with E-state index in [1.54, 1.807) is 4.68 Å². The van der Waals surface area contributed by atoms with Crippen LogP contribution in [0, 0.1) is 23.7 Å². The first-order valence-electron chi connectivity index (χ1n) is 12.1. The van der Waals surface area contributed by atoms with Crippen molar-refractivity contribution in [3.8, 4) is 5.69 Å². The normalized spacial score (nSPS) is 36.2. The van der Waals surface area contributed by atoms with Crippen LogP contribution >= 0.6 is 0 Å². The van der Waals surface area contributed by atoms with E-state index in [-0.39, 0.29) is 17.9 Å². The second-order valence-corrected chi connectivity index (χ2v) is 9.99. The number of rotatable bonds is 3. The number of ether oxygens (including phenoxy) is 1. The Morgan fingerprint density at radius 2 is 2.00 bits per heavy atom. The number of nitrogens with zero attached hydrogens (tertiary/aromatic N) is 4. The molecular weight excluding hydrogens is 416 g/mol. The Balaban J connectivity index is 1.29. The van der Waals surface area contributed by atoms with E-state index in [2.05, 4.69) is 27.4 Å². The van der Waals surface area contributed by atoms with Gasteiger partial charge in [-0.25, -0.2) is 4.68 Å². The second kappa shape index (κ2) is 8.01. The molecule has 3 heterocycles. The Hall–Kier alpha value is -2.61. The van der Waals surface area contributed by atoms with E-state index in [0.29, 0.717) is 18.3 Å². The van der Waals surface area contributed by atoms with Crippen molar-refractivity contribution in [1.82, 2.24) is 20.0 Å². The average molecular weight is 447 g/mol. The van der Waals surface area contributed by atoms with Gasteiger partial charge in [0.25, 0.3) is 0 Å². The first-order valence-corrected chi connectivity index (χ1v) is 12.1. The molecule has 2 aliphatic carbocycles. The molecule has 3 fully saturated rings. The van der Waals surface area contributed by atoms with Crippen LogP contribution in [-0.4, -0.2) is 48.2 Å². The molecule has 7 atom stereocenters. The van der Waals surface area contributed by atoms with E-state index in [1.807, 2.05) is 49.5 Å². The molecule has 7 heteroatoms. The van der Waals surface area contributed by atoms with Crippen LogP contribution in [0.5, 0.6) is 0 Å². The molecular formula is C26H30N4O3. The molecule has 0 bridgehead atoms. The Bertz CT molecular complexity index is 1180.